The summed E-state index contributed by atoms with van der Waals surface area (Å²) >= 11 is 0. The summed E-state index contributed by atoms with van der Waals surface area (Å²) < 4.78 is 6.63. The molecule has 0 aliphatic heterocycles. The zero-order chi connectivity index (χ0) is 12.8. The fourth-order valence-corrected chi connectivity index (χ4v) is 1.51. The number of nitrogens with one attached hydrogen (secondary N) is 1. The topological polar surface area (TPSA) is 82.2 Å². The maximum absolute atomic E-state index is 11.9. The first-order chi connectivity index (χ1) is 8.08. The maximum Gasteiger partial charge on any atom is 0.241 e. The molecule has 0 aliphatic rings. The SMILES string of the molecule is CCC(COC)NC(=O)C(N)c1cnn(C)c1. The van der Waals surface area contributed by atoms with Crippen LogP contribution >= 0.6 is 0 Å². The number of nitrogens with two attached hydrogens (primary N) is 1. The second-order valence-electron chi connectivity index (χ2n) is 3.99. The first-order valence-electron chi connectivity index (χ1n) is 5.61. The number of aromatic nitrogens is 2. The molecule has 0 radical (unpaired) electrons. The van der Waals surface area contributed by atoms with Crippen molar-refractivity contribution in [1.29, 1.82) is 0 Å². The van der Waals surface area contributed by atoms with Gasteiger partial charge in [-0.3, -0.25) is 9.48 Å². The smallest absolute Gasteiger partial charge is 0.241 e. The van der Waals surface area contributed by atoms with Crippen LogP contribution in [-0.2, 0) is 16.6 Å². The van der Waals surface area contributed by atoms with Crippen LogP contribution in [0.3, 0.4) is 0 Å². The molecule has 1 amide bonds. The highest BCUT2D eigenvalue weighted by atomic mass is 16.5. The highest BCUT2D eigenvalue weighted by molar-refractivity contribution is 5.83. The zero-order valence-corrected chi connectivity index (χ0v) is 10.5. The highest BCUT2D eigenvalue weighted by Gasteiger charge is 2.19. The first-order valence-corrected chi connectivity index (χ1v) is 5.61. The standard InChI is InChI=1S/C11H20N4O2/c1-4-9(7-17-3)14-11(16)10(12)8-5-13-15(2)6-8/h5-6,9-10H,4,7,12H2,1-3H3,(H,14,16). The second kappa shape index (κ2) is 6.36. The molecule has 0 aliphatic carbocycles. The lowest BCUT2D eigenvalue weighted by Crippen LogP contribution is -2.42. The molecule has 0 spiro atoms. The number of carbonyl (C=O) groups is 1. The van der Waals surface area contributed by atoms with Crippen LogP contribution in [0.4, 0.5) is 0 Å². The van der Waals surface area contributed by atoms with E-state index in [2.05, 4.69) is 10.4 Å². The van der Waals surface area contributed by atoms with Gasteiger partial charge >= 0.3 is 0 Å². The van der Waals surface area contributed by atoms with Gasteiger partial charge in [-0.25, -0.2) is 0 Å². The molecular weight excluding hydrogens is 220 g/mol. The van der Waals surface area contributed by atoms with Gasteiger partial charge in [0.25, 0.3) is 0 Å². The third kappa shape index (κ3) is 3.83. The Bertz CT molecular complexity index is 364. The Morgan fingerprint density at radius 1 is 1.71 bits per heavy atom. The van der Waals surface area contributed by atoms with E-state index in [1.807, 2.05) is 6.92 Å². The lowest BCUT2D eigenvalue weighted by Gasteiger charge is -2.18. The van der Waals surface area contributed by atoms with Gasteiger partial charge in [-0.2, -0.15) is 5.10 Å². The van der Waals surface area contributed by atoms with E-state index in [0.717, 1.165) is 6.42 Å². The fourth-order valence-electron chi connectivity index (χ4n) is 1.51. The molecule has 1 aromatic heterocycles. The summed E-state index contributed by atoms with van der Waals surface area (Å²) in [7, 11) is 3.39. The van der Waals surface area contributed by atoms with Crippen molar-refractivity contribution in [1.82, 2.24) is 15.1 Å². The molecule has 0 bridgehead atoms. The number of hydrogen-bond acceptors (Lipinski definition) is 4. The number of amides is 1. The van der Waals surface area contributed by atoms with Crippen LogP contribution in [0, 0.1) is 0 Å². The number of rotatable bonds is 6. The Morgan fingerprint density at radius 2 is 2.41 bits per heavy atom. The largest absolute Gasteiger partial charge is 0.383 e. The van der Waals surface area contributed by atoms with Gasteiger partial charge in [0.05, 0.1) is 18.8 Å². The summed E-state index contributed by atoms with van der Waals surface area (Å²) in [6, 6.07) is -0.690. The molecule has 2 unspecified atom stereocenters. The molecule has 0 saturated carbocycles. The monoisotopic (exact) mass is 240 g/mol. The van der Waals surface area contributed by atoms with Crippen LogP contribution in [0.1, 0.15) is 24.9 Å². The number of aryl methyl sites for hydroxylation is 1. The Morgan fingerprint density at radius 3 is 2.88 bits per heavy atom. The predicted molar refractivity (Wildman–Crippen MR) is 64.2 cm³/mol. The van der Waals surface area contributed by atoms with Gasteiger partial charge in [0, 0.05) is 25.9 Å². The number of carbonyl (C=O) groups excluding carboxylic acids is 1. The molecule has 3 N–H and O–H groups in total. The van der Waals surface area contributed by atoms with Crippen molar-refractivity contribution in [3.05, 3.63) is 18.0 Å². The minimum Gasteiger partial charge on any atom is -0.383 e. The van der Waals surface area contributed by atoms with Crippen molar-refractivity contribution in [3.8, 4) is 0 Å². The molecule has 6 heteroatoms. The first kappa shape index (κ1) is 13.7. The van der Waals surface area contributed by atoms with Gasteiger partial charge in [0.15, 0.2) is 0 Å². The quantitative estimate of drug-likeness (QED) is 0.731. The second-order valence-corrected chi connectivity index (χ2v) is 3.99. The van der Waals surface area contributed by atoms with E-state index < -0.39 is 6.04 Å². The molecule has 96 valence electrons. The number of hydrogen-bond donors (Lipinski definition) is 2. The van der Waals surface area contributed by atoms with Crippen molar-refractivity contribution >= 4 is 5.91 Å². The number of nitrogens with zero attached hydrogens (tertiary/aromatic N) is 2. The van der Waals surface area contributed by atoms with Crippen LogP contribution in [0.2, 0.25) is 0 Å². The van der Waals surface area contributed by atoms with Gasteiger partial charge in [0.2, 0.25) is 5.91 Å². The van der Waals surface area contributed by atoms with E-state index in [4.69, 9.17) is 10.5 Å². The summed E-state index contributed by atoms with van der Waals surface area (Å²) in [5.74, 6) is -0.207. The lowest BCUT2D eigenvalue weighted by atomic mass is 10.1. The van der Waals surface area contributed by atoms with Crippen LogP contribution in [0.5, 0.6) is 0 Å². The van der Waals surface area contributed by atoms with E-state index in [9.17, 15) is 4.79 Å². The predicted octanol–water partition coefficient (Wildman–Crippen LogP) is -0.0389. The van der Waals surface area contributed by atoms with Crippen molar-refractivity contribution in [3.63, 3.8) is 0 Å². The summed E-state index contributed by atoms with van der Waals surface area (Å²) in [6.45, 7) is 2.47. The zero-order valence-electron chi connectivity index (χ0n) is 10.5. The molecule has 0 aromatic carbocycles. The van der Waals surface area contributed by atoms with Gasteiger partial charge in [0.1, 0.15) is 6.04 Å². The van der Waals surface area contributed by atoms with Crippen molar-refractivity contribution in [2.75, 3.05) is 13.7 Å². The van der Waals surface area contributed by atoms with E-state index in [1.54, 1.807) is 31.2 Å². The molecule has 1 aromatic rings. The van der Waals surface area contributed by atoms with Gasteiger partial charge in [-0.15, -0.1) is 0 Å². The summed E-state index contributed by atoms with van der Waals surface area (Å²) in [5, 5.41) is 6.84. The van der Waals surface area contributed by atoms with Gasteiger partial charge in [-0.05, 0) is 6.42 Å². The van der Waals surface area contributed by atoms with Crippen molar-refractivity contribution in [2.45, 2.75) is 25.4 Å². The van der Waals surface area contributed by atoms with Crippen molar-refractivity contribution < 1.29 is 9.53 Å². The summed E-state index contributed by atoms with van der Waals surface area (Å²) in [4.78, 5) is 11.9. The van der Waals surface area contributed by atoms with Gasteiger partial charge < -0.3 is 15.8 Å². The third-order valence-electron chi connectivity index (χ3n) is 2.57. The molecule has 1 heterocycles. The van der Waals surface area contributed by atoms with Crippen LogP contribution < -0.4 is 11.1 Å². The van der Waals surface area contributed by atoms with E-state index in [1.165, 1.54) is 0 Å². The van der Waals surface area contributed by atoms with E-state index in [-0.39, 0.29) is 11.9 Å². The molecule has 0 saturated heterocycles. The number of ether oxygens (including phenoxy) is 1. The molecule has 0 fully saturated rings. The Labute approximate surface area is 101 Å². The molecular formula is C11H20N4O2. The fraction of sp³-hybridized carbons (Fsp3) is 0.636. The van der Waals surface area contributed by atoms with Crippen LogP contribution in [0.15, 0.2) is 12.4 Å². The normalized spacial score (nSPS) is 14.4. The molecule has 6 nitrogen and oxygen atoms in total. The van der Waals surface area contributed by atoms with E-state index in [0.29, 0.717) is 12.2 Å². The number of methoxy groups -OCH3 is 1. The maximum atomic E-state index is 11.9. The third-order valence-corrected chi connectivity index (χ3v) is 2.57. The summed E-state index contributed by atoms with van der Waals surface area (Å²) in [5.41, 5.74) is 6.55. The van der Waals surface area contributed by atoms with Crippen molar-refractivity contribution in [2.24, 2.45) is 12.8 Å². The molecule has 17 heavy (non-hydrogen) atoms. The molecule has 2 atom stereocenters. The Kier molecular flexibility index (Phi) is 5.11. The Hall–Kier alpha value is -1.40. The minimum absolute atomic E-state index is 0.00442. The van der Waals surface area contributed by atoms with Crippen LogP contribution in [-0.4, -0.2) is 35.4 Å². The van der Waals surface area contributed by atoms with E-state index >= 15 is 0 Å². The average molecular weight is 240 g/mol. The molecule has 1 rings (SSSR count). The average Bonchev–Trinajstić information content (AvgIpc) is 2.74. The lowest BCUT2D eigenvalue weighted by molar-refractivity contribution is -0.123. The summed E-state index contributed by atoms with van der Waals surface area (Å²) in [6.07, 6.45) is 4.14. The van der Waals surface area contributed by atoms with Gasteiger partial charge in [-0.1, -0.05) is 6.92 Å². The minimum atomic E-state index is -0.686. The van der Waals surface area contributed by atoms with Crippen LogP contribution in [0.25, 0.3) is 0 Å². The Balaban J connectivity index is 2.57. The highest BCUT2D eigenvalue weighted by Crippen LogP contribution is 2.09.